The second-order valence-electron chi connectivity index (χ2n) is 34.1. The third-order valence-electron chi connectivity index (χ3n) is 23.7. The molecule has 3 fully saturated rings. The largest absolute Gasteiger partial charge is 0.397 e. The van der Waals surface area contributed by atoms with Crippen LogP contribution in [0.3, 0.4) is 0 Å². The van der Waals surface area contributed by atoms with E-state index in [4.69, 9.17) is 52.0 Å². The smallest absolute Gasteiger partial charge is 0.355 e. The van der Waals surface area contributed by atoms with Crippen molar-refractivity contribution in [3.05, 3.63) is 243 Å². The first-order chi connectivity index (χ1) is 63.6. The zero-order valence-electron chi connectivity index (χ0n) is 75.4. The topological polar surface area (TPSA) is 331 Å². The van der Waals surface area contributed by atoms with Crippen LogP contribution in [0.2, 0.25) is 15.1 Å². The minimum atomic E-state index is -2.11. The average molecular weight is 1930 g/mol. The highest BCUT2D eigenvalue weighted by Gasteiger charge is 2.41. The van der Waals surface area contributed by atoms with Crippen LogP contribution in [-0.2, 0) is 14.4 Å². The Morgan fingerprint density at radius 2 is 0.644 bits per heavy atom. The van der Waals surface area contributed by atoms with Crippen molar-refractivity contribution in [1.82, 2.24) is 73.3 Å². The molecule has 3 saturated heterocycles. The van der Waals surface area contributed by atoms with Crippen LogP contribution in [0.4, 0.5) is 87.2 Å². The van der Waals surface area contributed by atoms with E-state index in [1.807, 2.05) is 69.2 Å². The molecule has 12 aromatic rings. The predicted molar refractivity (Wildman–Crippen MR) is 494 cm³/mol. The van der Waals surface area contributed by atoms with E-state index in [-0.39, 0.29) is 167 Å². The lowest BCUT2D eigenvalue weighted by Gasteiger charge is -2.44. The number of nitrogens with two attached hydrogens (primary N) is 3. The van der Waals surface area contributed by atoms with Crippen molar-refractivity contribution in [2.24, 2.45) is 0 Å². The number of piperazine rings is 3. The van der Waals surface area contributed by atoms with Crippen LogP contribution >= 0.6 is 34.8 Å². The van der Waals surface area contributed by atoms with Gasteiger partial charge in [0.1, 0.15) is 55.3 Å². The van der Waals surface area contributed by atoms with Crippen molar-refractivity contribution in [3.8, 4) is 50.8 Å². The van der Waals surface area contributed by atoms with Crippen LogP contribution in [0.1, 0.15) is 135 Å². The summed E-state index contributed by atoms with van der Waals surface area (Å²) in [6.45, 7) is 39.3. The van der Waals surface area contributed by atoms with Gasteiger partial charge in [-0.3, -0.25) is 29.3 Å². The molecule has 3 aliphatic heterocycles. The molecular weight excluding hydrogens is 1840 g/mol. The SMILES string of the molecule is C=CC(=O)N1[C@H](C)CN(c2nc(=O)n(-c3c(C)ccnc3C(C)C)c3nc(-c4c(F)c(N)c(F)c(F)c4F)c(F)cc23)C[C@@H]1C.C=CC(=O)N1[C@H](C)CN(c2nc(=O)n(-c3c(C)ccnc3C(C)C)c3nc(-c4c(N)c(Cl)c(F)c(Cl)c4F)c(F)cc23)C[C@@H]1C.C=CC(=O)N1[C@H](C)CN(c2nc(=O)n(-c3c(C)ccnc3C(C)C)c3nc(-c4c(N)c(F)c(F)c(Cl)c4F)c(F)cc23)C[C@@H]1C. The van der Waals surface area contributed by atoms with E-state index in [1.54, 1.807) is 101 Å². The lowest BCUT2D eigenvalue weighted by Crippen LogP contribution is -2.58. The van der Waals surface area contributed by atoms with Crippen LogP contribution in [0.25, 0.3) is 83.9 Å². The van der Waals surface area contributed by atoms with Crippen molar-refractivity contribution < 1.29 is 67.1 Å². The molecule has 0 aliphatic carbocycles. The first kappa shape index (κ1) is 98.9. The van der Waals surface area contributed by atoms with Crippen LogP contribution < -0.4 is 49.0 Å². The van der Waals surface area contributed by atoms with Gasteiger partial charge in [-0.15, -0.1) is 0 Å². The maximum Gasteiger partial charge on any atom is 0.355 e. The number of pyridine rings is 6. The number of hydrogen-bond acceptors (Lipinski definition) is 21. The van der Waals surface area contributed by atoms with Gasteiger partial charge in [0.05, 0.1) is 78.4 Å². The van der Waals surface area contributed by atoms with Crippen molar-refractivity contribution >= 4 is 120 Å². The number of carbonyl (C=O) groups is 3. The molecule has 0 saturated carbocycles. The van der Waals surface area contributed by atoms with Gasteiger partial charge in [0, 0.05) is 94.1 Å². The molecule has 135 heavy (non-hydrogen) atoms. The molecule has 6 N–H and O–H groups in total. The predicted octanol–water partition coefficient (Wildman–Crippen LogP) is 17.0. The van der Waals surface area contributed by atoms with Gasteiger partial charge in [0.15, 0.2) is 86.7 Å². The number of hydrogen-bond donors (Lipinski definition) is 3. The molecule has 6 atom stereocenters. The number of benzene rings is 3. The Labute approximate surface area is 779 Å². The fourth-order valence-electron chi connectivity index (χ4n) is 17.8. The lowest BCUT2D eigenvalue weighted by atomic mass is 10.0. The Morgan fingerprint density at radius 1 is 0.370 bits per heavy atom. The van der Waals surface area contributed by atoms with E-state index in [9.17, 15) is 50.7 Å². The fourth-order valence-corrected chi connectivity index (χ4v) is 18.4. The second kappa shape index (κ2) is 38.4. The molecule has 0 radical (unpaired) electrons. The Hall–Kier alpha value is -13.6. The average Bonchev–Trinajstić information content (AvgIpc) is 0.735. The number of amides is 3. The number of aryl methyl sites for hydroxylation is 3. The van der Waals surface area contributed by atoms with E-state index in [2.05, 4.69) is 64.6 Å². The summed E-state index contributed by atoms with van der Waals surface area (Å²) in [5, 5.41) is -2.76. The molecule has 0 bridgehead atoms. The zero-order valence-corrected chi connectivity index (χ0v) is 77.7. The summed E-state index contributed by atoms with van der Waals surface area (Å²) >= 11 is 17.5. The second-order valence-corrected chi connectivity index (χ2v) is 35.2. The summed E-state index contributed by atoms with van der Waals surface area (Å²) < 4.78 is 184. The van der Waals surface area contributed by atoms with Crippen molar-refractivity contribution in [1.29, 1.82) is 0 Å². The first-order valence-corrected chi connectivity index (χ1v) is 43.4. The minimum Gasteiger partial charge on any atom is -0.397 e. The van der Waals surface area contributed by atoms with Gasteiger partial charge < -0.3 is 46.6 Å². The van der Waals surface area contributed by atoms with Crippen LogP contribution in [-0.4, -0.2) is 166 Å². The minimum absolute atomic E-state index is 0.00647. The number of fused-ring (bicyclic) bond motifs is 3. The normalized spacial score (nSPS) is 17.0. The lowest BCUT2D eigenvalue weighted by molar-refractivity contribution is -0.131. The van der Waals surface area contributed by atoms with E-state index in [0.29, 0.717) is 45.1 Å². The Kier molecular flexibility index (Phi) is 28.2. The highest BCUT2D eigenvalue weighted by atomic mass is 35.5. The molecule has 12 heterocycles. The number of anilines is 6. The van der Waals surface area contributed by atoms with Crippen LogP contribution in [0.15, 0.2) is 107 Å². The Balaban J connectivity index is 0.000000171. The molecule has 708 valence electrons. The van der Waals surface area contributed by atoms with Gasteiger partial charge in [-0.05, 0) is 151 Å². The number of rotatable bonds is 15. The van der Waals surface area contributed by atoms with E-state index in [1.165, 1.54) is 22.8 Å². The molecule has 3 aromatic carbocycles. The van der Waals surface area contributed by atoms with Crippen LogP contribution in [0.5, 0.6) is 0 Å². The van der Waals surface area contributed by atoms with Crippen molar-refractivity contribution in [2.75, 3.05) is 71.2 Å². The van der Waals surface area contributed by atoms with Crippen molar-refractivity contribution in [2.45, 2.75) is 158 Å². The molecule has 3 aliphatic rings. The Morgan fingerprint density at radius 3 is 0.933 bits per heavy atom. The maximum atomic E-state index is 16.1. The zero-order chi connectivity index (χ0) is 99.2. The summed E-state index contributed by atoms with van der Waals surface area (Å²) in [6.07, 6.45) is 8.38. The number of aromatic nitrogens is 12. The van der Waals surface area contributed by atoms with E-state index >= 15 is 30.7 Å². The summed E-state index contributed by atoms with van der Waals surface area (Å²) in [4.78, 5) is 129. The molecule has 42 heteroatoms. The highest BCUT2D eigenvalue weighted by Crippen LogP contribution is 2.46. The summed E-state index contributed by atoms with van der Waals surface area (Å²) in [5.41, 5.74) is 10.00. The molecular formula is C93H90Cl3F12N21O6. The third-order valence-corrected chi connectivity index (χ3v) is 24.8. The summed E-state index contributed by atoms with van der Waals surface area (Å²) in [6, 6.07) is 5.85. The van der Waals surface area contributed by atoms with Gasteiger partial charge >= 0.3 is 17.1 Å². The number of nitrogens with zero attached hydrogens (tertiary/aromatic N) is 18. The molecule has 15 rings (SSSR count). The number of halogens is 15. The standard InChI is InChI=1S/C31H30Cl2F3N7O2.C31H30ClF4N7O2.C31H30F5N7O2/c1-7-19(44)42-15(5)11-41(12-16(42)6)29-17-10-18(34)27(20-23(35)21(32)24(36)22(33)25(20)37)39-30(17)43(31(45)40-29)28-14(4)8-9-38-26(28)13(2)3;1-7-19(44)42-15(5)11-41(12-16(42)6)29-17-10-18(33)27(20-22(34)21(32)23(35)24(36)25(20)37)39-30(17)43(31(45)40-29)28-14(4)8-9-38-26(28)13(2)3;1-7-19(44)42-15(5)11-41(12-16(42)6)29-17-10-18(32)27(20-21(33)23(35)24(36)25(37)22(20)34)39-30(17)43(31(45)40-29)28-14(4)8-9-38-26(28)13(2)3/h3*7-10,13,15-16H,1,11-12,37H2,2-6H3/t3*15-,16+. The molecule has 0 unspecified atom stereocenters. The van der Waals surface area contributed by atoms with Crippen molar-refractivity contribution in [3.63, 3.8) is 0 Å². The van der Waals surface area contributed by atoms with Gasteiger partial charge in [0.25, 0.3) is 0 Å². The van der Waals surface area contributed by atoms with Gasteiger partial charge in [0.2, 0.25) is 17.7 Å². The van der Waals surface area contributed by atoms with E-state index < -0.39 is 153 Å². The fraction of sp³-hybridized carbons (Fsp3) is 0.323. The van der Waals surface area contributed by atoms with Crippen LogP contribution in [0, 0.1) is 90.6 Å². The highest BCUT2D eigenvalue weighted by molar-refractivity contribution is 6.37. The summed E-state index contributed by atoms with van der Waals surface area (Å²) in [7, 11) is 0. The first-order valence-electron chi connectivity index (χ1n) is 42.3. The summed E-state index contributed by atoms with van der Waals surface area (Å²) in [5.74, 6) is -20.2. The molecule has 0 spiro atoms. The molecule has 9 aromatic heterocycles. The Bertz CT molecular complexity index is 6380. The number of carbonyl (C=O) groups excluding carboxylic acids is 3. The van der Waals surface area contributed by atoms with E-state index in [0.717, 1.165) is 27.3 Å². The molecule has 27 nitrogen and oxygen atoms in total. The van der Waals surface area contributed by atoms with Gasteiger partial charge in [-0.25, -0.2) is 95.7 Å². The third kappa shape index (κ3) is 17.5. The quantitative estimate of drug-likeness (QED) is 0.0282. The maximum absolute atomic E-state index is 16.1. The molecule has 3 amide bonds. The van der Waals surface area contributed by atoms with Gasteiger partial charge in [-0.1, -0.05) is 96.1 Å². The monoisotopic (exact) mass is 1930 g/mol. The van der Waals surface area contributed by atoms with Gasteiger partial charge in [-0.2, -0.15) is 15.0 Å². The number of nitrogen functional groups attached to an aromatic ring is 3.